The van der Waals surface area contributed by atoms with E-state index in [1.807, 2.05) is 48.1 Å². The van der Waals surface area contributed by atoms with Crippen LogP contribution in [-0.2, 0) is 23.9 Å². The molecule has 0 saturated carbocycles. The second kappa shape index (κ2) is 18.9. The summed E-state index contributed by atoms with van der Waals surface area (Å²) in [5, 5.41) is 11.8. The number of hydrogen-bond donors (Lipinski definition) is 1. The van der Waals surface area contributed by atoms with Crippen molar-refractivity contribution >= 4 is 45.5 Å². The van der Waals surface area contributed by atoms with Gasteiger partial charge in [0.15, 0.2) is 6.61 Å². The van der Waals surface area contributed by atoms with Crippen LogP contribution in [0.4, 0.5) is 13.2 Å². The number of carbonyl (C=O) groups excluding carboxylic acids is 4. The highest BCUT2D eigenvalue weighted by molar-refractivity contribution is 6.34. The van der Waals surface area contributed by atoms with E-state index in [1.165, 1.54) is 4.90 Å². The first-order valence-electron chi connectivity index (χ1n) is 24.6. The van der Waals surface area contributed by atoms with E-state index in [9.17, 15) is 32.3 Å². The van der Waals surface area contributed by atoms with Crippen LogP contribution >= 0.6 is 0 Å². The summed E-state index contributed by atoms with van der Waals surface area (Å²) in [5.74, 6) is -3.50. The zero-order valence-electron chi connectivity index (χ0n) is 42.7. The van der Waals surface area contributed by atoms with E-state index in [1.54, 1.807) is 4.90 Å². The van der Waals surface area contributed by atoms with Crippen LogP contribution in [0.25, 0.3) is 21.8 Å². The number of alkyl halides is 3. The summed E-state index contributed by atoms with van der Waals surface area (Å²) in [6.45, 7) is 21.3. The maximum Gasteiger partial charge on any atom is 0.422 e. The molecule has 2 N–H and O–H groups in total. The van der Waals surface area contributed by atoms with Gasteiger partial charge in [0.1, 0.15) is 0 Å². The third kappa shape index (κ3) is 11.1. The van der Waals surface area contributed by atoms with Crippen molar-refractivity contribution < 1.29 is 37.1 Å². The Hall–Kier alpha value is -5.03. The van der Waals surface area contributed by atoms with Crippen molar-refractivity contribution in [2.75, 3.05) is 33.8 Å². The average Bonchev–Trinajstić information content (AvgIpc) is 3.90. The summed E-state index contributed by atoms with van der Waals surface area (Å²) in [6.07, 6.45) is 6.77. The highest BCUT2D eigenvalue weighted by Gasteiger charge is 2.46. The number of nitrogens with zero attached hydrogens (tertiary/aromatic N) is 8. The molecule has 69 heavy (non-hydrogen) atoms. The van der Waals surface area contributed by atoms with Crippen molar-refractivity contribution in [1.82, 2.24) is 39.2 Å². The molecular formula is C52H74F3N9O5. The standard InChI is InChI=1S/C27H37F3N4O3.C25H37N5O2/c1-17-7-10-22(33(14-17)23(35)24(36)37-16-27(28,29)30)18-8-9-21-19(11-18)15-34(31-21)20-12-25(2,3)32(6)26(4,5)13-20;1-16-7-10-21(29(14-16)23(32)22(26)31)17-8-9-20-18(11-17)15-30(27-20)19-12-24(2,3)28(6)25(4,5)13-19/h8-9,11,15,17,20,22H,7,10,12-14,16H2,1-6H3;8-9,11,15-16,19,21H,7,10,12-14H2,1-6H3,(H2,26,31)/t17-,22+;16-,21+/m00/s1. The minimum atomic E-state index is -4.69. The third-order valence-corrected chi connectivity index (χ3v) is 16.1. The molecule has 17 heteroatoms. The van der Waals surface area contributed by atoms with Crippen molar-refractivity contribution in [2.24, 2.45) is 17.6 Å². The Balaban J connectivity index is 0.000000206. The van der Waals surface area contributed by atoms with Crippen LogP contribution in [-0.4, -0.2) is 125 Å². The molecule has 4 fully saturated rings. The highest BCUT2D eigenvalue weighted by Crippen LogP contribution is 2.45. The van der Waals surface area contributed by atoms with Gasteiger partial charge in [0.2, 0.25) is 0 Å². The Morgan fingerprint density at radius 3 is 1.38 bits per heavy atom. The molecule has 0 aliphatic carbocycles. The predicted molar refractivity (Wildman–Crippen MR) is 260 cm³/mol. The number of ether oxygens (including phenoxy) is 1. The van der Waals surface area contributed by atoms with Crippen LogP contribution in [0.15, 0.2) is 48.8 Å². The molecule has 8 rings (SSSR count). The Morgan fingerprint density at radius 1 is 0.638 bits per heavy atom. The number of nitrogens with two attached hydrogens (primary N) is 1. The summed E-state index contributed by atoms with van der Waals surface area (Å²) in [5.41, 5.74) is 9.20. The normalized spacial score (nSPS) is 25.6. The number of carbonyl (C=O) groups is 4. The topological polar surface area (TPSA) is 152 Å². The van der Waals surface area contributed by atoms with Crippen LogP contribution in [0, 0.1) is 11.8 Å². The lowest BCUT2D eigenvalue weighted by atomic mass is 9.77. The van der Waals surface area contributed by atoms with Gasteiger partial charge in [-0.15, -0.1) is 0 Å². The van der Waals surface area contributed by atoms with Gasteiger partial charge in [-0.3, -0.25) is 33.5 Å². The van der Waals surface area contributed by atoms with Crippen LogP contribution < -0.4 is 5.73 Å². The number of fused-ring (bicyclic) bond motifs is 2. The van der Waals surface area contributed by atoms with Gasteiger partial charge in [-0.2, -0.15) is 23.4 Å². The second-order valence-electron chi connectivity index (χ2n) is 23.2. The Labute approximate surface area is 405 Å². The first kappa shape index (κ1) is 51.8. The van der Waals surface area contributed by atoms with E-state index in [4.69, 9.17) is 15.9 Å². The van der Waals surface area contributed by atoms with Crippen molar-refractivity contribution in [3.63, 3.8) is 0 Å². The maximum absolute atomic E-state index is 12.8. The van der Waals surface area contributed by atoms with E-state index in [2.05, 4.69) is 108 Å². The van der Waals surface area contributed by atoms with Crippen molar-refractivity contribution in [3.05, 3.63) is 59.9 Å². The number of benzene rings is 2. The average molecular weight is 962 g/mol. The number of halogens is 3. The Morgan fingerprint density at radius 2 is 1.01 bits per heavy atom. The molecule has 4 aromatic rings. The summed E-state index contributed by atoms with van der Waals surface area (Å²) < 4.78 is 45.9. The fourth-order valence-corrected chi connectivity index (χ4v) is 11.8. The van der Waals surface area contributed by atoms with E-state index in [0.29, 0.717) is 24.9 Å². The SMILES string of the molecule is C[C@H]1CC[C@H](c2ccc3nn(C4CC(C)(C)N(C)C(C)(C)C4)cc3c2)N(C(=O)C(=O)OCC(F)(F)F)C1.C[C@H]1CC[C@H](c2ccc3nn(C4CC(C)(C)N(C)C(C)(C)C4)cc3c2)N(C(=O)C(N)=O)C1. The molecule has 14 nitrogen and oxygen atoms in total. The molecule has 0 spiro atoms. The van der Waals surface area contributed by atoms with Crippen LogP contribution in [0.1, 0.15) is 156 Å². The van der Waals surface area contributed by atoms with E-state index < -0.39 is 42.5 Å². The molecule has 6 heterocycles. The fourth-order valence-electron chi connectivity index (χ4n) is 11.8. The lowest BCUT2D eigenvalue weighted by Crippen LogP contribution is -2.58. The summed E-state index contributed by atoms with van der Waals surface area (Å²) in [6, 6.07) is 12.0. The largest absolute Gasteiger partial charge is 0.449 e. The monoisotopic (exact) mass is 962 g/mol. The first-order valence-corrected chi connectivity index (χ1v) is 24.6. The Bertz CT molecular complexity index is 2530. The summed E-state index contributed by atoms with van der Waals surface area (Å²) in [4.78, 5) is 57.0. The smallest absolute Gasteiger partial charge is 0.422 e. The molecule has 2 aromatic heterocycles. The number of amides is 3. The third-order valence-electron chi connectivity index (χ3n) is 16.1. The van der Waals surface area contributed by atoms with Gasteiger partial charge >= 0.3 is 29.9 Å². The van der Waals surface area contributed by atoms with Crippen molar-refractivity contribution in [1.29, 1.82) is 0 Å². The van der Waals surface area contributed by atoms with E-state index >= 15 is 0 Å². The number of esters is 1. The van der Waals surface area contributed by atoms with Gasteiger partial charge in [-0.1, -0.05) is 26.0 Å². The molecular weight excluding hydrogens is 888 g/mol. The van der Waals surface area contributed by atoms with Crippen LogP contribution in [0.2, 0.25) is 0 Å². The number of hydrogen-bond acceptors (Lipinski definition) is 9. The number of rotatable bonds is 5. The lowest BCUT2D eigenvalue weighted by Gasteiger charge is -2.53. The minimum absolute atomic E-state index is 0.0100. The van der Waals surface area contributed by atoms with Gasteiger partial charge < -0.3 is 20.3 Å². The maximum atomic E-state index is 12.8. The van der Waals surface area contributed by atoms with Crippen LogP contribution in [0.5, 0.6) is 0 Å². The molecule has 0 unspecified atom stereocenters. The molecule has 3 amide bonds. The lowest BCUT2D eigenvalue weighted by molar-refractivity contribution is -0.190. The summed E-state index contributed by atoms with van der Waals surface area (Å²) in [7, 11) is 4.38. The molecule has 4 aliphatic heterocycles. The Kier molecular flexibility index (Phi) is 14.2. The van der Waals surface area contributed by atoms with Gasteiger partial charge in [0, 0.05) is 58.4 Å². The van der Waals surface area contributed by atoms with E-state index in [0.717, 1.165) is 77.9 Å². The van der Waals surface area contributed by atoms with Gasteiger partial charge in [0.25, 0.3) is 0 Å². The number of primary amides is 1. The molecule has 0 bridgehead atoms. The summed E-state index contributed by atoms with van der Waals surface area (Å²) >= 11 is 0. The van der Waals surface area contributed by atoms with Gasteiger partial charge in [-0.05, 0) is 168 Å². The molecule has 2 aromatic carbocycles. The zero-order chi connectivity index (χ0) is 50.8. The molecule has 4 aliphatic rings. The number of aromatic nitrogens is 4. The van der Waals surface area contributed by atoms with Gasteiger partial charge in [0.05, 0.1) is 35.2 Å². The van der Waals surface area contributed by atoms with Crippen LogP contribution in [0.3, 0.4) is 0 Å². The molecule has 0 radical (unpaired) electrons. The highest BCUT2D eigenvalue weighted by atomic mass is 19.4. The number of piperidine rings is 4. The number of likely N-dealkylation sites (tertiary alicyclic amines) is 4. The quantitative estimate of drug-likeness (QED) is 0.153. The van der Waals surface area contributed by atoms with E-state index in [-0.39, 0.29) is 46.7 Å². The first-order chi connectivity index (χ1) is 32.0. The molecule has 4 atom stereocenters. The predicted octanol–water partition coefficient (Wildman–Crippen LogP) is 8.91. The second-order valence-corrected chi connectivity index (χ2v) is 23.2. The minimum Gasteiger partial charge on any atom is -0.449 e. The molecule has 4 saturated heterocycles. The van der Waals surface area contributed by atoms with Crippen molar-refractivity contribution in [2.45, 2.75) is 173 Å². The van der Waals surface area contributed by atoms with Crippen molar-refractivity contribution in [3.8, 4) is 0 Å². The van der Waals surface area contributed by atoms with Gasteiger partial charge in [-0.25, -0.2) is 4.79 Å². The molecule has 378 valence electrons. The fraction of sp³-hybridized carbons (Fsp3) is 0.654. The zero-order valence-corrected chi connectivity index (χ0v) is 42.7.